The largest absolute Gasteiger partial charge is 0.314 e. The molecule has 0 saturated heterocycles. The van der Waals surface area contributed by atoms with Gasteiger partial charge in [-0.05, 0) is 55.1 Å². The lowest BCUT2D eigenvalue weighted by Crippen LogP contribution is -2.38. The summed E-state index contributed by atoms with van der Waals surface area (Å²) in [7, 11) is 0. The monoisotopic (exact) mass is 279 g/mol. The molecule has 3 heteroatoms. The molecule has 2 unspecified atom stereocenters. The first-order chi connectivity index (χ1) is 9.49. The van der Waals surface area contributed by atoms with Crippen molar-refractivity contribution in [3.63, 3.8) is 0 Å². The molecular weight excluding hydrogens is 256 g/mol. The molecule has 0 aliphatic heterocycles. The number of fused-ring (bicyclic) bond motifs is 1. The Morgan fingerprint density at radius 3 is 2.35 bits per heavy atom. The molecule has 2 fully saturated rings. The highest BCUT2D eigenvalue weighted by Crippen LogP contribution is 2.60. The summed E-state index contributed by atoms with van der Waals surface area (Å²) in [5.74, 6) is 0.821. The number of rotatable bonds is 5. The van der Waals surface area contributed by atoms with E-state index in [0.29, 0.717) is 12.5 Å². The van der Waals surface area contributed by atoms with Gasteiger partial charge < -0.3 is 5.32 Å². The maximum absolute atomic E-state index is 13.9. The zero-order valence-electron chi connectivity index (χ0n) is 12.3. The SMILES string of the molecule is CC(C)NCC1(Cc2c(F)cccc2F)CC2CC2C1. The van der Waals surface area contributed by atoms with Crippen LogP contribution in [0.2, 0.25) is 0 Å². The van der Waals surface area contributed by atoms with E-state index in [2.05, 4.69) is 19.2 Å². The van der Waals surface area contributed by atoms with Gasteiger partial charge in [-0.25, -0.2) is 8.78 Å². The van der Waals surface area contributed by atoms with E-state index in [9.17, 15) is 8.78 Å². The van der Waals surface area contributed by atoms with Gasteiger partial charge in [0.2, 0.25) is 0 Å². The summed E-state index contributed by atoms with van der Waals surface area (Å²) in [5, 5.41) is 3.48. The number of hydrogen-bond donors (Lipinski definition) is 1. The minimum absolute atomic E-state index is 0.0425. The van der Waals surface area contributed by atoms with Crippen molar-refractivity contribution < 1.29 is 8.78 Å². The fraction of sp³-hybridized carbons (Fsp3) is 0.647. The first-order valence-corrected chi connectivity index (χ1v) is 7.65. The number of hydrogen-bond acceptors (Lipinski definition) is 1. The van der Waals surface area contributed by atoms with Crippen molar-refractivity contribution in [1.29, 1.82) is 0 Å². The predicted octanol–water partition coefficient (Wildman–Crippen LogP) is 3.92. The van der Waals surface area contributed by atoms with Gasteiger partial charge in [-0.1, -0.05) is 19.9 Å². The van der Waals surface area contributed by atoms with Crippen LogP contribution in [0.3, 0.4) is 0 Å². The van der Waals surface area contributed by atoms with E-state index in [1.807, 2.05) is 0 Å². The molecule has 0 aromatic heterocycles. The van der Waals surface area contributed by atoms with E-state index in [1.54, 1.807) is 0 Å². The van der Waals surface area contributed by atoms with Crippen LogP contribution in [0.5, 0.6) is 0 Å². The van der Waals surface area contributed by atoms with Crippen molar-refractivity contribution in [2.45, 2.75) is 45.6 Å². The second kappa shape index (κ2) is 5.10. The van der Waals surface area contributed by atoms with E-state index >= 15 is 0 Å². The summed E-state index contributed by atoms with van der Waals surface area (Å²) in [6.45, 7) is 5.10. The highest BCUT2D eigenvalue weighted by Gasteiger charge is 2.53. The molecule has 2 saturated carbocycles. The summed E-state index contributed by atoms with van der Waals surface area (Å²) in [5.41, 5.74) is 0.320. The lowest BCUT2D eigenvalue weighted by atomic mass is 9.77. The van der Waals surface area contributed by atoms with Gasteiger partial charge in [0.1, 0.15) is 11.6 Å². The Morgan fingerprint density at radius 1 is 1.20 bits per heavy atom. The quantitative estimate of drug-likeness (QED) is 0.861. The van der Waals surface area contributed by atoms with Gasteiger partial charge in [-0.2, -0.15) is 0 Å². The topological polar surface area (TPSA) is 12.0 Å². The first-order valence-electron chi connectivity index (χ1n) is 7.65. The molecule has 0 amide bonds. The highest BCUT2D eigenvalue weighted by molar-refractivity contribution is 5.23. The minimum atomic E-state index is -0.394. The van der Waals surface area contributed by atoms with Gasteiger partial charge in [0.05, 0.1) is 0 Å². The number of nitrogens with one attached hydrogen (secondary N) is 1. The third-order valence-corrected chi connectivity index (χ3v) is 4.96. The van der Waals surface area contributed by atoms with E-state index in [0.717, 1.165) is 31.2 Å². The van der Waals surface area contributed by atoms with Gasteiger partial charge in [-0.15, -0.1) is 0 Å². The Labute approximate surface area is 119 Å². The molecule has 1 N–H and O–H groups in total. The average Bonchev–Trinajstić information content (AvgIpc) is 3.00. The summed E-state index contributed by atoms with van der Waals surface area (Å²) >= 11 is 0. The lowest BCUT2D eigenvalue weighted by Gasteiger charge is -2.32. The van der Waals surface area contributed by atoms with E-state index in [1.165, 1.54) is 24.6 Å². The smallest absolute Gasteiger partial charge is 0.129 e. The maximum Gasteiger partial charge on any atom is 0.129 e. The zero-order valence-corrected chi connectivity index (χ0v) is 12.3. The molecule has 3 rings (SSSR count). The van der Waals surface area contributed by atoms with Crippen LogP contribution in [0.1, 0.15) is 38.7 Å². The molecule has 110 valence electrons. The highest BCUT2D eigenvalue weighted by atomic mass is 19.1. The summed E-state index contributed by atoms with van der Waals surface area (Å²) in [6.07, 6.45) is 4.08. The zero-order chi connectivity index (χ0) is 14.3. The minimum Gasteiger partial charge on any atom is -0.314 e. The third-order valence-electron chi connectivity index (χ3n) is 4.96. The van der Waals surface area contributed by atoms with Gasteiger partial charge in [0, 0.05) is 18.2 Å². The third kappa shape index (κ3) is 2.73. The standard InChI is InChI=1S/C17H23F2N/c1-11(2)20-10-17(7-12-6-13(12)8-17)9-14-15(18)4-3-5-16(14)19/h3-5,11-13,20H,6-10H2,1-2H3. The average molecular weight is 279 g/mol. The van der Waals surface area contributed by atoms with E-state index in [-0.39, 0.29) is 11.0 Å². The molecule has 0 spiro atoms. The van der Waals surface area contributed by atoms with Gasteiger partial charge in [0.15, 0.2) is 0 Å². The van der Waals surface area contributed by atoms with Crippen LogP contribution in [-0.4, -0.2) is 12.6 Å². The molecule has 1 aromatic rings. The Morgan fingerprint density at radius 2 is 1.80 bits per heavy atom. The van der Waals surface area contributed by atoms with Crippen LogP contribution in [0, 0.1) is 28.9 Å². The Bertz CT molecular complexity index is 468. The van der Waals surface area contributed by atoms with Crippen LogP contribution < -0.4 is 5.32 Å². The molecular formula is C17H23F2N. The van der Waals surface area contributed by atoms with Crippen molar-refractivity contribution in [1.82, 2.24) is 5.32 Å². The Kier molecular flexibility index (Phi) is 3.57. The fourth-order valence-electron chi connectivity index (χ4n) is 3.85. The van der Waals surface area contributed by atoms with Crippen molar-refractivity contribution in [2.24, 2.45) is 17.3 Å². The molecule has 20 heavy (non-hydrogen) atoms. The van der Waals surface area contributed by atoms with Gasteiger partial charge in [0.25, 0.3) is 0 Å². The number of halogens is 2. The lowest BCUT2D eigenvalue weighted by molar-refractivity contribution is 0.236. The maximum atomic E-state index is 13.9. The molecule has 0 heterocycles. The fourth-order valence-corrected chi connectivity index (χ4v) is 3.85. The molecule has 1 aromatic carbocycles. The van der Waals surface area contributed by atoms with Crippen LogP contribution >= 0.6 is 0 Å². The summed E-state index contributed by atoms with van der Waals surface area (Å²) in [4.78, 5) is 0. The molecule has 2 aliphatic rings. The second-order valence-corrected chi connectivity index (χ2v) is 7.08. The number of benzene rings is 1. The van der Waals surface area contributed by atoms with Crippen LogP contribution in [0.4, 0.5) is 8.78 Å². The van der Waals surface area contributed by atoms with Crippen molar-refractivity contribution in [3.05, 3.63) is 35.4 Å². The Hall–Kier alpha value is -0.960. The second-order valence-electron chi connectivity index (χ2n) is 7.08. The molecule has 0 radical (unpaired) electrons. The van der Waals surface area contributed by atoms with Crippen LogP contribution in [0.25, 0.3) is 0 Å². The molecule has 1 nitrogen and oxygen atoms in total. The molecule has 2 atom stereocenters. The Balaban J connectivity index is 1.80. The first kappa shape index (κ1) is 14.0. The van der Waals surface area contributed by atoms with Crippen molar-refractivity contribution in [2.75, 3.05) is 6.54 Å². The van der Waals surface area contributed by atoms with Crippen molar-refractivity contribution in [3.8, 4) is 0 Å². The normalized spacial score (nSPS) is 31.6. The van der Waals surface area contributed by atoms with Crippen LogP contribution in [-0.2, 0) is 6.42 Å². The van der Waals surface area contributed by atoms with E-state index in [4.69, 9.17) is 0 Å². The predicted molar refractivity (Wildman–Crippen MR) is 76.5 cm³/mol. The summed E-state index contributed by atoms with van der Waals surface area (Å²) < 4.78 is 27.8. The van der Waals surface area contributed by atoms with E-state index < -0.39 is 11.6 Å². The van der Waals surface area contributed by atoms with Gasteiger partial charge >= 0.3 is 0 Å². The van der Waals surface area contributed by atoms with Gasteiger partial charge in [-0.3, -0.25) is 0 Å². The molecule has 0 bridgehead atoms. The summed E-state index contributed by atoms with van der Waals surface area (Å²) in [6, 6.07) is 4.60. The van der Waals surface area contributed by atoms with Crippen LogP contribution in [0.15, 0.2) is 18.2 Å². The van der Waals surface area contributed by atoms with Crippen molar-refractivity contribution >= 4 is 0 Å². The molecule has 2 aliphatic carbocycles.